The van der Waals surface area contributed by atoms with Gasteiger partial charge in [0.2, 0.25) is 53.2 Å². The molecule has 0 atom stereocenters. The number of nitrogens with one attached hydrogen (secondary N) is 9. The van der Waals surface area contributed by atoms with Gasteiger partial charge in [0.1, 0.15) is 34.6 Å². The minimum Gasteiger partial charge on any atom is -0.460 e. The number of hydroxylamine groups is 2. The lowest BCUT2D eigenvalue weighted by Gasteiger charge is -2.34. The number of ketones is 8. The lowest BCUT2D eigenvalue weighted by molar-refractivity contribution is -0.196. The second-order valence-electron chi connectivity index (χ2n) is 38.9. The minimum atomic E-state index is -1.07. The molecule has 0 radical (unpaired) electrons. The van der Waals surface area contributed by atoms with Crippen molar-refractivity contribution in [1.29, 1.82) is 0 Å². The van der Waals surface area contributed by atoms with Crippen LogP contribution in [0.1, 0.15) is 284 Å². The Morgan fingerprint density at radius 1 is 0.218 bits per heavy atom. The first-order valence-electron chi connectivity index (χ1n) is 47.1. The van der Waals surface area contributed by atoms with Crippen molar-refractivity contribution in [2.75, 3.05) is 111 Å². The van der Waals surface area contributed by atoms with Gasteiger partial charge in [-0.3, -0.25) is 115 Å². The van der Waals surface area contributed by atoms with E-state index in [-0.39, 0.29) is 261 Å². The fraction of sp³-hybridized carbons (Fsp3) is 0.731. The smallest absolute Gasteiger partial charge is 0.352 e. The van der Waals surface area contributed by atoms with Gasteiger partial charge in [-0.1, -0.05) is 0 Å². The van der Waals surface area contributed by atoms with Gasteiger partial charge in [-0.2, -0.15) is 0 Å². The zero-order valence-corrected chi connectivity index (χ0v) is 85.5. The minimum absolute atomic E-state index is 0.00559. The maximum Gasteiger partial charge on any atom is 0.352 e. The molecule has 0 aromatic heterocycles. The topological polar surface area (TPSA) is 802 Å². The highest BCUT2D eigenvalue weighted by Crippen LogP contribution is 2.42. The van der Waals surface area contributed by atoms with Crippen molar-refractivity contribution in [1.82, 2.24) is 52.9 Å². The number of amides is 11. The zero-order chi connectivity index (χ0) is 109. The van der Waals surface area contributed by atoms with Crippen LogP contribution in [0.2, 0.25) is 0 Å². The van der Waals surface area contributed by atoms with Crippen LogP contribution in [0.4, 0.5) is 0 Å². The fourth-order valence-corrected chi connectivity index (χ4v) is 12.3. The van der Waals surface area contributed by atoms with E-state index in [1.807, 2.05) is 0 Å². The third kappa shape index (κ3) is 73.3. The summed E-state index contributed by atoms with van der Waals surface area (Å²) in [4.78, 5) is 309. The third-order valence-electron chi connectivity index (χ3n) is 20.3. The number of ether oxygens (including phenoxy) is 5. The van der Waals surface area contributed by atoms with Gasteiger partial charge in [0.05, 0.1) is 111 Å². The average molecular weight is 2030 g/mol. The van der Waals surface area contributed by atoms with E-state index in [0.717, 1.165) is 0 Å². The van der Waals surface area contributed by atoms with Crippen LogP contribution >= 0.6 is 0 Å². The van der Waals surface area contributed by atoms with Crippen molar-refractivity contribution in [3.63, 3.8) is 0 Å². The van der Waals surface area contributed by atoms with E-state index in [9.17, 15) is 120 Å². The van der Waals surface area contributed by atoms with Crippen molar-refractivity contribution in [3.05, 3.63) is 0 Å². The van der Waals surface area contributed by atoms with Gasteiger partial charge in [0.15, 0.2) is 46.3 Å². The second-order valence-corrected chi connectivity index (χ2v) is 38.9. The lowest BCUT2D eigenvalue weighted by atomic mass is 9.70. The molecule has 25 N–H and O–H groups in total. The van der Waals surface area contributed by atoms with Crippen molar-refractivity contribution in [2.45, 2.75) is 312 Å². The quantitative estimate of drug-likeness (QED) is 0.0172. The zero-order valence-electron chi connectivity index (χ0n) is 85.5. The van der Waals surface area contributed by atoms with Gasteiger partial charge >= 0.3 is 35.8 Å². The number of nitrogens with two attached hydrogens (primary N) is 8. The van der Waals surface area contributed by atoms with E-state index in [2.05, 4.69) is 52.7 Å². The molecular formula is C93H160N18O31. The van der Waals surface area contributed by atoms with Gasteiger partial charge in [-0.25, -0.2) is 4.79 Å². The maximum absolute atomic E-state index is 13.3. The molecule has 808 valence electrons. The van der Waals surface area contributed by atoms with Gasteiger partial charge in [0.25, 0.3) is 11.8 Å². The highest BCUT2D eigenvalue weighted by atomic mass is 16.7. The van der Waals surface area contributed by atoms with E-state index in [1.165, 1.54) is 0 Å². The summed E-state index contributed by atoms with van der Waals surface area (Å²) in [6.07, 6.45) is -2.04. The van der Waals surface area contributed by atoms with E-state index in [1.54, 1.807) is 104 Å². The Labute approximate surface area is 829 Å². The van der Waals surface area contributed by atoms with Crippen molar-refractivity contribution < 1.29 is 148 Å². The third-order valence-corrected chi connectivity index (χ3v) is 20.3. The van der Waals surface area contributed by atoms with E-state index in [0.29, 0.717) is 31.2 Å². The van der Waals surface area contributed by atoms with Crippen LogP contribution in [0, 0.1) is 16.2 Å². The number of carbonyl (C=O) groups is 25. The summed E-state index contributed by atoms with van der Waals surface area (Å²) < 4.78 is 25.9. The molecule has 1 aliphatic rings. The van der Waals surface area contributed by atoms with Crippen LogP contribution in [-0.4, -0.2) is 291 Å². The Morgan fingerprint density at radius 2 is 0.373 bits per heavy atom. The molecule has 0 unspecified atom stereocenters. The normalized spacial score (nSPS) is 12.0. The first-order valence-corrected chi connectivity index (χ1v) is 47.1. The highest BCUT2D eigenvalue weighted by Gasteiger charge is 2.37. The summed E-state index contributed by atoms with van der Waals surface area (Å²) in [5.74, 6) is -12.9. The predicted octanol–water partition coefficient (Wildman–Crippen LogP) is -2.37. The number of imide groups is 1. The average Bonchev–Trinajstić information content (AvgIpc) is 1.25. The van der Waals surface area contributed by atoms with Crippen molar-refractivity contribution >= 4 is 147 Å². The standard InChI is InChI=1S/C49H80N4O16.C25H44N8O8.C14H20N2O7.C5H16N4/c1-45(2,3)66-41(62)17-13-37(58)50-29-33(54)21-25-49(26-22-34(55)30-51-38(59)14-18-42(63)67-46(4,5)6,27-23-35(56)31-52-39(60)15-19-43(64)68-47(7,8)9)28-24-36(57)32-53-40(61)16-20-44(65)69-48(10,11)12;26-9-21(38)30-13-17(34)1-5-25(6-2-18(35)14-31-22(39)10-27,7-3-19(36)15-32-23(40)11-28)8-4-20(37)16-33-24(41)12-29;1-14(2,3)22-12(20)7-4-9(17)15-8-13(21)23-16-10(18)5-6-11(16)19;6-1-5(2-7,3-8)4-9/h13-32H2,1-12H3,(H,50,58)(H,51,59)(H,52,60)(H,53,61);1-16,26-29H2,(H,30,38)(H,31,39)(H,32,40)(H,33,41);4-8H2,1-3H3,(H,15,17);1-4,6-9H2. The largest absolute Gasteiger partial charge is 0.460 e. The highest BCUT2D eigenvalue weighted by molar-refractivity contribution is 6.02. The molecule has 0 aromatic rings. The lowest BCUT2D eigenvalue weighted by Crippen LogP contribution is -2.49. The Bertz CT molecular complexity index is 3770. The van der Waals surface area contributed by atoms with E-state index >= 15 is 0 Å². The first-order chi connectivity index (χ1) is 65.8. The van der Waals surface area contributed by atoms with E-state index < -0.39 is 195 Å². The molecule has 0 spiro atoms. The molecule has 0 bridgehead atoms. The summed E-state index contributed by atoms with van der Waals surface area (Å²) in [7, 11) is 0. The molecule has 142 heavy (non-hydrogen) atoms. The molecule has 0 saturated carbocycles. The molecule has 0 aromatic carbocycles. The SMILES string of the molecule is CC(C)(C)OC(=O)CCC(=O)NCC(=O)CCC(CCC(=O)CNC(=O)CCC(=O)OC(C)(C)C)(CCC(=O)CNC(=O)CCC(=O)OC(C)(C)C)CCC(=O)CNC(=O)CCC(=O)OC(C)(C)C.CC(C)(C)OC(=O)CCC(=O)NCC(=O)ON1C(=O)CCC1=O.NCC(=O)NCC(=O)CCC(CCC(=O)CNC(=O)CN)(CCC(=O)CNC(=O)CN)CCC(=O)CNC(=O)CN.NCC(CN)(CN)CN. The number of nitrogens with zero attached hydrogens (tertiary/aromatic N) is 1. The first kappa shape index (κ1) is 134. The van der Waals surface area contributed by atoms with Crippen LogP contribution in [0.3, 0.4) is 0 Å². The molecule has 1 fully saturated rings. The Kier molecular flexibility index (Phi) is 66.2. The van der Waals surface area contributed by atoms with Crippen molar-refractivity contribution in [2.24, 2.45) is 62.1 Å². The van der Waals surface area contributed by atoms with Gasteiger partial charge in [-0.05, 0) is 166 Å². The summed E-state index contributed by atoms with van der Waals surface area (Å²) in [6, 6.07) is 0. The second kappa shape index (κ2) is 70.0. The number of esters is 5. The molecule has 1 aliphatic heterocycles. The Morgan fingerprint density at radius 3 is 0.514 bits per heavy atom. The molecule has 1 rings (SSSR count). The molecule has 1 saturated heterocycles. The Hall–Kier alpha value is -11.8. The molecule has 1 heterocycles. The number of hydrogen-bond donors (Lipinski definition) is 17. The van der Waals surface area contributed by atoms with Crippen LogP contribution in [0.5, 0.6) is 0 Å². The van der Waals surface area contributed by atoms with Gasteiger partial charge in [0, 0.05) is 128 Å². The number of Topliss-reactive ketones (excluding diaryl/α,β-unsaturated/α-hetero) is 8. The predicted molar refractivity (Wildman–Crippen MR) is 513 cm³/mol. The van der Waals surface area contributed by atoms with Crippen LogP contribution < -0.4 is 93.7 Å². The van der Waals surface area contributed by atoms with Gasteiger partial charge < -0.3 is 122 Å². The molecule has 49 nitrogen and oxygen atoms in total. The van der Waals surface area contributed by atoms with Crippen LogP contribution in [0.25, 0.3) is 0 Å². The fourth-order valence-electron chi connectivity index (χ4n) is 12.3. The molecule has 49 heteroatoms. The summed E-state index contributed by atoms with van der Waals surface area (Å²) in [5.41, 5.74) is 36.8. The number of hydrogen-bond acceptors (Lipinski definition) is 39. The summed E-state index contributed by atoms with van der Waals surface area (Å²) >= 11 is 0. The summed E-state index contributed by atoms with van der Waals surface area (Å²) in [6.45, 7) is 22.9. The summed E-state index contributed by atoms with van der Waals surface area (Å²) in [5, 5.41) is 22.1. The molecular weight excluding hydrogens is 1870 g/mol. The van der Waals surface area contributed by atoms with Crippen molar-refractivity contribution in [3.8, 4) is 0 Å². The molecule has 0 aliphatic carbocycles. The monoisotopic (exact) mass is 2030 g/mol. The van der Waals surface area contributed by atoms with E-state index in [4.69, 9.17) is 69.6 Å². The molecule has 11 amide bonds. The van der Waals surface area contributed by atoms with Gasteiger partial charge in [-0.15, -0.1) is 5.06 Å². The van der Waals surface area contributed by atoms with Crippen LogP contribution in [0.15, 0.2) is 0 Å². The van der Waals surface area contributed by atoms with Crippen LogP contribution in [-0.2, 0) is 148 Å². The Balaban J connectivity index is -0.00000220. The number of carbonyl (C=O) groups excluding carboxylic acids is 25. The maximum atomic E-state index is 13.3. The number of rotatable bonds is 66.